The summed E-state index contributed by atoms with van der Waals surface area (Å²) in [5.74, 6) is 0. The highest BCUT2D eigenvalue weighted by Gasteiger charge is 2.39. The SMILES string of the molecule is CC(C)(C)c1ccc2c(-c3ccc4ccc5cccc6ccc3c4c56)c3c(c(-c4ccc5ccc6cccc7ccc4c5c67)c2c1)-c1ccc2c4c(ccc-3c14)-c1c-2c(-c2ccc3ccc4cccc5ccc2c3c45)c2ccccc2c1-c1ccc2ccc3cccc4ccc1c2c34. The van der Waals surface area contributed by atoms with E-state index in [1.165, 1.54) is 256 Å². The molecule has 448 valence electrons. The highest BCUT2D eigenvalue weighted by atomic mass is 14.4. The minimum Gasteiger partial charge on any atom is -0.0616 e. The van der Waals surface area contributed by atoms with Crippen LogP contribution in [-0.4, -0.2) is 0 Å². The Hall–Kier alpha value is -12.2. The third-order valence-corrected chi connectivity index (χ3v) is 23.8. The maximum atomic E-state index is 2.59. The molecule has 0 amide bonds. The molecule has 0 heterocycles. The van der Waals surface area contributed by atoms with Crippen molar-refractivity contribution in [2.75, 3.05) is 0 Å². The first-order chi connectivity index (χ1) is 48.3. The van der Waals surface area contributed by atoms with E-state index in [0.29, 0.717) is 0 Å². The Balaban J connectivity index is 0.885. The lowest BCUT2D eigenvalue weighted by Crippen LogP contribution is -2.11. The van der Waals surface area contributed by atoms with Crippen LogP contribution < -0.4 is 0 Å². The fraction of sp³-hybridized carbons (Fsp3) is 0.0408. The van der Waals surface area contributed by atoms with Crippen LogP contribution in [-0.2, 0) is 5.41 Å². The highest BCUT2D eigenvalue weighted by Crippen LogP contribution is 2.66. The lowest BCUT2D eigenvalue weighted by molar-refractivity contribution is 0.591. The molecule has 0 bridgehead atoms. The Morgan fingerprint density at radius 1 is 0.153 bits per heavy atom. The zero-order valence-corrected chi connectivity index (χ0v) is 54.1. The molecule has 22 aromatic carbocycles. The van der Waals surface area contributed by atoms with Crippen molar-refractivity contribution >= 4 is 162 Å². The number of rotatable bonds is 4. The molecule has 0 saturated carbocycles. The van der Waals surface area contributed by atoms with E-state index in [-0.39, 0.29) is 5.41 Å². The van der Waals surface area contributed by atoms with Crippen molar-refractivity contribution in [1.82, 2.24) is 0 Å². The molecule has 24 rings (SSSR count). The first-order valence-corrected chi connectivity index (χ1v) is 34.8. The molecule has 0 atom stereocenters. The van der Waals surface area contributed by atoms with Crippen LogP contribution in [0.2, 0.25) is 0 Å². The Kier molecular flexibility index (Phi) is 9.57. The first kappa shape index (κ1) is 52.1. The molecule has 2 aliphatic rings. The normalized spacial score (nSPS) is 13.1. The van der Waals surface area contributed by atoms with Crippen molar-refractivity contribution in [3.05, 3.63) is 291 Å². The molecule has 0 aliphatic heterocycles. The van der Waals surface area contributed by atoms with Crippen molar-refractivity contribution in [3.63, 3.8) is 0 Å². The molecule has 0 unspecified atom stereocenters. The lowest BCUT2D eigenvalue weighted by Gasteiger charge is -2.26. The summed E-state index contributed by atoms with van der Waals surface area (Å²) in [7, 11) is 0. The predicted octanol–water partition coefficient (Wildman–Crippen LogP) is 28.0. The Morgan fingerprint density at radius 3 is 0.663 bits per heavy atom. The number of benzene rings is 22. The van der Waals surface area contributed by atoms with Crippen LogP contribution in [0.5, 0.6) is 0 Å². The van der Waals surface area contributed by atoms with E-state index in [1.807, 2.05) is 0 Å². The van der Waals surface area contributed by atoms with E-state index in [1.54, 1.807) is 0 Å². The summed E-state index contributed by atoms with van der Waals surface area (Å²) < 4.78 is 0. The van der Waals surface area contributed by atoms with E-state index in [2.05, 4.69) is 306 Å². The van der Waals surface area contributed by atoms with Gasteiger partial charge in [-0.25, -0.2) is 0 Å². The quantitative estimate of drug-likeness (QED) is 0.154. The Morgan fingerprint density at radius 2 is 0.378 bits per heavy atom. The van der Waals surface area contributed by atoms with Crippen LogP contribution in [0.3, 0.4) is 0 Å². The van der Waals surface area contributed by atoms with Gasteiger partial charge in [0.15, 0.2) is 0 Å². The van der Waals surface area contributed by atoms with E-state index in [4.69, 9.17) is 0 Å². The summed E-state index contributed by atoms with van der Waals surface area (Å²) in [4.78, 5) is 0. The molecule has 22 aromatic rings. The second kappa shape index (κ2) is 18.0. The third-order valence-electron chi connectivity index (χ3n) is 23.8. The molecular weight excluding hydrogens is 1180 g/mol. The van der Waals surface area contributed by atoms with E-state index in [9.17, 15) is 0 Å². The maximum Gasteiger partial charge on any atom is -0.000718 e. The molecule has 0 nitrogen and oxygen atoms in total. The smallest absolute Gasteiger partial charge is 0.000718 e. The first-order valence-electron chi connectivity index (χ1n) is 34.8. The zero-order valence-electron chi connectivity index (χ0n) is 54.1. The average Bonchev–Trinajstić information content (AvgIpc) is 1.51. The summed E-state index contributed by atoms with van der Waals surface area (Å²) >= 11 is 0. The standard InChI is InChI=1S/C98H56/c1-98(2,3)63-36-45-74-79(50-63)91(73-44-35-62-27-23-54-13-9-17-58-31-40-69(73)87(62)83(54)58)97-78-49-48-76-92-75(46-47-77(93(78)92)96(97)90(74)72-43-34-61-26-22-53-12-8-16-57-30-39-68(72)86(61)82(53)57)94-88(70-41-32-59-24-20-51-10-6-14-55-28-37-66(70)84(59)80(51)55)64-18-4-5-19-65(64)89(95(76)94)71-42-33-60-25-21-52-11-7-15-56-29-38-67(71)85(60)81(52)56/h4-50H,1-3H3. The summed E-state index contributed by atoms with van der Waals surface area (Å²) in [5, 5.41) is 38.9. The molecule has 0 aromatic heterocycles. The fourth-order valence-electron chi connectivity index (χ4n) is 19.7. The molecule has 2 aliphatic carbocycles. The minimum atomic E-state index is -0.125. The second-order valence-electron chi connectivity index (χ2n) is 29.5. The van der Waals surface area contributed by atoms with Crippen molar-refractivity contribution in [1.29, 1.82) is 0 Å². The Bertz CT molecular complexity index is 7170. The van der Waals surface area contributed by atoms with E-state index < -0.39 is 0 Å². The molecule has 0 fully saturated rings. The largest absolute Gasteiger partial charge is 0.0616 e. The number of hydrogen-bond acceptors (Lipinski definition) is 0. The van der Waals surface area contributed by atoms with Crippen LogP contribution in [0, 0.1) is 0 Å². The molecule has 0 heteroatoms. The van der Waals surface area contributed by atoms with Crippen LogP contribution in [0.25, 0.3) is 251 Å². The van der Waals surface area contributed by atoms with Gasteiger partial charge in [0.2, 0.25) is 0 Å². The minimum absolute atomic E-state index is 0.125. The van der Waals surface area contributed by atoms with Crippen molar-refractivity contribution in [2.45, 2.75) is 26.2 Å². The monoisotopic (exact) mass is 1230 g/mol. The van der Waals surface area contributed by atoms with Gasteiger partial charge in [0.1, 0.15) is 0 Å². The molecule has 0 saturated heterocycles. The van der Waals surface area contributed by atoms with Crippen molar-refractivity contribution in [2.24, 2.45) is 0 Å². The van der Waals surface area contributed by atoms with Gasteiger partial charge in [-0.05, 0) is 268 Å². The number of hydrogen-bond donors (Lipinski definition) is 0. The summed E-state index contributed by atoms with van der Waals surface area (Å²) in [5.41, 5.74) is 21.9. The highest BCUT2D eigenvalue weighted by molar-refractivity contribution is 6.40. The van der Waals surface area contributed by atoms with Gasteiger partial charge in [-0.15, -0.1) is 0 Å². The van der Waals surface area contributed by atoms with Gasteiger partial charge < -0.3 is 0 Å². The van der Waals surface area contributed by atoms with Crippen LogP contribution in [0.1, 0.15) is 26.3 Å². The number of fused-ring (bicyclic) bond motifs is 8. The Labute approximate surface area is 563 Å². The predicted molar refractivity (Wildman–Crippen MR) is 423 cm³/mol. The van der Waals surface area contributed by atoms with Gasteiger partial charge in [-0.3, -0.25) is 0 Å². The van der Waals surface area contributed by atoms with E-state index >= 15 is 0 Å². The lowest BCUT2D eigenvalue weighted by atomic mass is 9.77. The van der Waals surface area contributed by atoms with Crippen LogP contribution in [0.15, 0.2) is 285 Å². The van der Waals surface area contributed by atoms with Gasteiger partial charge >= 0.3 is 0 Å². The van der Waals surface area contributed by atoms with Crippen molar-refractivity contribution in [3.8, 4) is 89.0 Å². The summed E-state index contributed by atoms with van der Waals surface area (Å²) in [6.07, 6.45) is 0. The van der Waals surface area contributed by atoms with Gasteiger partial charge in [-0.1, -0.05) is 300 Å². The molecule has 0 N–H and O–H groups in total. The van der Waals surface area contributed by atoms with Gasteiger partial charge in [0.25, 0.3) is 0 Å². The third kappa shape index (κ3) is 6.39. The second-order valence-corrected chi connectivity index (χ2v) is 29.5. The average molecular weight is 1230 g/mol. The fourth-order valence-corrected chi connectivity index (χ4v) is 19.7. The zero-order chi connectivity index (χ0) is 63.9. The van der Waals surface area contributed by atoms with Crippen molar-refractivity contribution < 1.29 is 0 Å². The summed E-state index contributed by atoms with van der Waals surface area (Å²) in [6, 6.07) is 112. The molecule has 0 spiro atoms. The van der Waals surface area contributed by atoms with Gasteiger partial charge in [0.05, 0.1) is 0 Å². The van der Waals surface area contributed by atoms with Crippen LogP contribution >= 0.6 is 0 Å². The topological polar surface area (TPSA) is 0 Å². The maximum absolute atomic E-state index is 2.59. The molecule has 98 heavy (non-hydrogen) atoms. The molecule has 0 radical (unpaired) electrons. The van der Waals surface area contributed by atoms with E-state index in [0.717, 1.165) is 0 Å². The summed E-state index contributed by atoms with van der Waals surface area (Å²) in [6.45, 7) is 7.13. The molecular formula is C98H56. The van der Waals surface area contributed by atoms with Crippen LogP contribution in [0.4, 0.5) is 0 Å². The van der Waals surface area contributed by atoms with Gasteiger partial charge in [-0.2, -0.15) is 0 Å². The van der Waals surface area contributed by atoms with Gasteiger partial charge in [0, 0.05) is 0 Å².